The van der Waals surface area contributed by atoms with E-state index in [4.69, 9.17) is 10.7 Å². The van der Waals surface area contributed by atoms with E-state index in [-0.39, 0.29) is 23.8 Å². The highest BCUT2D eigenvalue weighted by Crippen LogP contribution is 2.50. The van der Waals surface area contributed by atoms with Gasteiger partial charge in [-0.05, 0) is 93.9 Å². The zero-order chi connectivity index (χ0) is 27.7. The van der Waals surface area contributed by atoms with E-state index in [0.717, 1.165) is 43.2 Å². The SMILES string of the molecule is CC1=C(c2c(C(N)=O)c3cc(C4CC4)cnc3n2C2CCC2)C=CC(S(=O)(=O)NC2(C(F)(F)F)CC2)=CCC1. The van der Waals surface area contributed by atoms with Gasteiger partial charge in [-0.2, -0.15) is 17.9 Å². The number of pyridine rings is 1. The van der Waals surface area contributed by atoms with Crippen molar-refractivity contribution in [2.75, 3.05) is 0 Å². The van der Waals surface area contributed by atoms with Crippen LogP contribution < -0.4 is 10.5 Å². The van der Waals surface area contributed by atoms with Gasteiger partial charge in [0.25, 0.3) is 5.91 Å². The fourth-order valence-electron chi connectivity index (χ4n) is 5.66. The first-order valence-electron chi connectivity index (χ1n) is 13.4. The molecule has 0 aliphatic heterocycles. The van der Waals surface area contributed by atoms with Crippen molar-refractivity contribution >= 4 is 32.5 Å². The van der Waals surface area contributed by atoms with Gasteiger partial charge >= 0.3 is 6.18 Å². The summed E-state index contributed by atoms with van der Waals surface area (Å²) in [6.45, 7) is 1.92. The number of fused-ring (bicyclic) bond motifs is 1. The lowest BCUT2D eigenvalue weighted by Crippen LogP contribution is -2.47. The van der Waals surface area contributed by atoms with Crippen molar-refractivity contribution in [1.29, 1.82) is 0 Å². The lowest BCUT2D eigenvalue weighted by Gasteiger charge is -2.30. The van der Waals surface area contributed by atoms with Gasteiger partial charge in [0.05, 0.1) is 16.2 Å². The van der Waals surface area contributed by atoms with Crippen LogP contribution in [-0.4, -0.2) is 35.6 Å². The Balaban J connectivity index is 1.46. The Labute approximate surface area is 225 Å². The number of hydrogen-bond donors (Lipinski definition) is 2. The second-order valence-corrected chi connectivity index (χ2v) is 13.0. The van der Waals surface area contributed by atoms with Crippen LogP contribution >= 0.6 is 0 Å². The largest absolute Gasteiger partial charge is 0.407 e. The third kappa shape index (κ3) is 4.53. The normalized spacial score (nSPS) is 21.9. The highest BCUT2D eigenvalue weighted by molar-refractivity contribution is 7.93. The number of carbonyl (C=O) groups is 1. The molecule has 0 spiro atoms. The highest BCUT2D eigenvalue weighted by Gasteiger charge is 2.65. The molecule has 0 atom stereocenters. The molecule has 2 aromatic heterocycles. The molecule has 4 aliphatic rings. The number of nitrogens with two attached hydrogens (primary N) is 1. The predicted molar refractivity (Wildman–Crippen MR) is 142 cm³/mol. The van der Waals surface area contributed by atoms with Gasteiger partial charge in [-0.1, -0.05) is 17.7 Å². The molecule has 39 heavy (non-hydrogen) atoms. The summed E-state index contributed by atoms with van der Waals surface area (Å²) in [7, 11) is -4.43. The van der Waals surface area contributed by atoms with Crippen LogP contribution in [0, 0.1) is 0 Å². The van der Waals surface area contributed by atoms with E-state index >= 15 is 0 Å². The van der Waals surface area contributed by atoms with E-state index in [0.29, 0.717) is 46.6 Å². The Kier molecular flexibility index (Phi) is 6.11. The van der Waals surface area contributed by atoms with Crippen LogP contribution in [0.15, 0.2) is 41.0 Å². The van der Waals surface area contributed by atoms with Crippen LogP contribution in [0.2, 0.25) is 0 Å². The Bertz CT molecular complexity index is 1570. The van der Waals surface area contributed by atoms with Crippen molar-refractivity contribution < 1.29 is 26.4 Å². The van der Waals surface area contributed by atoms with E-state index in [2.05, 4.69) is 4.57 Å². The molecule has 11 heteroatoms. The topological polar surface area (TPSA) is 107 Å². The number of nitrogens with one attached hydrogen (secondary N) is 1. The Morgan fingerprint density at radius 3 is 2.46 bits per heavy atom. The molecule has 2 heterocycles. The number of carbonyl (C=O) groups excluding carboxylic acids is 1. The summed E-state index contributed by atoms with van der Waals surface area (Å²) in [6, 6.07) is 2.13. The van der Waals surface area contributed by atoms with Crippen molar-refractivity contribution in [3.05, 3.63) is 57.8 Å². The molecule has 3 N–H and O–H groups in total. The minimum absolute atomic E-state index is 0.121. The summed E-state index contributed by atoms with van der Waals surface area (Å²) >= 11 is 0. The fraction of sp³-hybridized carbons (Fsp3) is 0.500. The van der Waals surface area contributed by atoms with Gasteiger partial charge in [0.2, 0.25) is 10.0 Å². The zero-order valence-corrected chi connectivity index (χ0v) is 22.5. The summed E-state index contributed by atoms with van der Waals surface area (Å²) in [5, 5.41) is 0.690. The Morgan fingerprint density at radius 2 is 1.90 bits per heavy atom. The zero-order valence-electron chi connectivity index (χ0n) is 21.6. The third-order valence-corrected chi connectivity index (χ3v) is 10.1. The molecule has 3 saturated carbocycles. The standard InChI is InChI=1S/C28H31F3N4O3S/c1-16-4-2-7-20(39(37,38)34-27(12-13-27)28(29,30)31)10-11-21(16)24-23(25(32)36)22-14-18(17-8-9-17)15-33-26(22)35(24)19-5-3-6-19/h7,10-11,14-15,17,19,34H,2-6,8-9,12-13H2,1H3,(H2,32,36). The quantitative estimate of drug-likeness (QED) is 0.449. The number of nitrogens with zero attached hydrogens (tertiary/aromatic N) is 2. The molecule has 0 unspecified atom stereocenters. The highest BCUT2D eigenvalue weighted by atomic mass is 32.2. The summed E-state index contributed by atoms with van der Waals surface area (Å²) in [5.41, 5.74) is 7.86. The molecule has 2 aromatic rings. The van der Waals surface area contributed by atoms with Gasteiger partial charge in [-0.25, -0.2) is 13.4 Å². The monoisotopic (exact) mass is 560 g/mol. The van der Waals surface area contributed by atoms with Gasteiger partial charge in [-0.15, -0.1) is 0 Å². The van der Waals surface area contributed by atoms with Crippen LogP contribution in [0.1, 0.15) is 98.3 Å². The van der Waals surface area contributed by atoms with Crippen LogP contribution in [0.3, 0.4) is 0 Å². The summed E-state index contributed by atoms with van der Waals surface area (Å²) in [6.07, 6.45) is 6.84. The number of alkyl halides is 3. The number of primary amides is 1. The maximum atomic E-state index is 13.5. The molecule has 208 valence electrons. The number of hydrogen-bond acceptors (Lipinski definition) is 4. The van der Waals surface area contributed by atoms with Crippen molar-refractivity contribution in [3.8, 4) is 0 Å². The number of halogens is 3. The molecule has 7 nitrogen and oxygen atoms in total. The lowest BCUT2D eigenvalue weighted by molar-refractivity contribution is -0.160. The first-order chi connectivity index (χ1) is 18.4. The van der Waals surface area contributed by atoms with Gasteiger partial charge in [0, 0.05) is 17.6 Å². The Morgan fingerprint density at radius 1 is 1.18 bits per heavy atom. The third-order valence-electron chi connectivity index (χ3n) is 8.52. The van der Waals surface area contributed by atoms with Crippen LogP contribution in [0.5, 0.6) is 0 Å². The molecular weight excluding hydrogens is 529 g/mol. The fourth-order valence-corrected chi connectivity index (χ4v) is 7.20. The number of allylic oxidation sites excluding steroid dienone is 5. The molecule has 0 aromatic carbocycles. The lowest BCUT2D eigenvalue weighted by atomic mass is 9.91. The van der Waals surface area contributed by atoms with Crippen LogP contribution in [0.4, 0.5) is 13.2 Å². The Hall–Kier alpha value is -2.92. The van der Waals surface area contributed by atoms with Crippen molar-refractivity contribution in [3.63, 3.8) is 0 Å². The maximum Gasteiger partial charge on any atom is 0.407 e. The van der Waals surface area contributed by atoms with E-state index in [1.807, 2.05) is 23.9 Å². The summed E-state index contributed by atoms with van der Waals surface area (Å²) in [5.74, 6) is -0.165. The van der Waals surface area contributed by atoms with Crippen LogP contribution in [-0.2, 0) is 10.0 Å². The summed E-state index contributed by atoms with van der Waals surface area (Å²) in [4.78, 5) is 17.5. The molecule has 0 radical (unpaired) electrons. The molecule has 4 aliphatic carbocycles. The van der Waals surface area contributed by atoms with E-state index < -0.39 is 27.6 Å². The maximum absolute atomic E-state index is 13.5. The summed E-state index contributed by atoms with van der Waals surface area (Å²) < 4.78 is 70.7. The molecule has 6 rings (SSSR count). The molecule has 0 saturated heterocycles. The number of sulfonamides is 1. The van der Waals surface area contributed by atoms with Gasteiger partial charge in [-0.3, -0.25) is 4.79 Å². The first kappa shape index (κ1) is 26.3. The minimum Gasteiger partial charge on any atom is -0.366 e. The smallest absolute Gasteiger partial charge is 0.366 e. The number of rotatable bonds is 7. The van der Waals surface area contributed by atoms with Crippen molar-refractivity contribution in [2.24, 2.45) is 5.73 Å². The molecule has 0 bridgehead atoms. The molecule has 3 fully saturated rings. The minimum atomic E-state index is -4.67. The molecular formula is C28H31F3N4O3S. The van der Waals surface area contributed by atoms with Crippen molar-refractivity contribution in [1.82, 2.24) is 14.3 Å². The number of aromatic nitrogens is 2. The molecule has 1 amide bonds. The average molecular weight is 561 g/mol. The average Bonchev–Trinajstić information content (AvgIpc) is 3.73. The van der Waals surface area contributed by atoms with Gasteiger partial charge in [0.15, 0.2) is 0 Å². The second kappa shape index (κ2) is 9.05. The second-order valence-electron chi connectivity index (χ2n) is 11.3. The van der Waals surface area contributed by atoms with E-state index in [1.54, 1.807) is 6.08 Å². The first-order valence-corrected chi connectivity index (χ1v) is 14.9. The predicted octanol–water partition coefficient (Wildman–Crippen LogP) is 5.76. The van der Waals surface area contributed by atoms with E-state index in [1.165, 1.54) is 12.2 Å². The van der Waals surface area contributed by atoms with E-state index in [9.17, 15) is 26.4 Å². The van der Waals surface area contributed by atoms with Crippen LogP contribution in [0.25, 0.3) is 16.6 Å². The van der Waals surface area contributed by atoms with Crippen molar-refractivity contribution in [2.45, 2.75) is 88.4 Å². The number of amides is 1. The van der Waals surface area contributed by atoms with Gasteiger partial charge < -0.3 is 10.3 Å². The van der Waals surface area contributed by atoms with Gasteiger partial charge in [0.1, 0.15) is 11.2 Å².